The lowest BCUT2D eigenvalue weighted by Crippen LogP contribution is -2.40. The molecule has 0 aromatic rings. The van der Waals surface area contributed by atoms with E-state index in [1.54, 1.807) is 11.9 Å². The van der Waals surface area contributed by atoms with Crippen molar-refractivity contribution in [1.29, 1.82) is 0 Å². The van der Waals surface area contributed by atoms with Gasteiger partial charge in [-0.15, -0.1) is 0 Å². The van der Waals surface area contributed by atoms with Crippen molar-refractivity contribution < 1.29 is 14.7 Å². The number of rotatable bonds is 5. The topological polar surface area (TPSA) is 57.6 Å². The van der Waals surface area contributed by atoms with Gasteiger partial charge in [-0.1, -0.05) is 26.0 Å². The average molecular weight is 253 g/mol. The molecule has 0 saturated heterocycles. The maximum Gasteiger partial charge on any atom is 0.307 e. The number of carboxylic acid groups (broad SMARTS) is 1. The van der Waals surface area contributed by atoms with Crippen LogP contribution in [0, 0.1) is 17.8 Å². The van der Waals surface area contributed by atoms with Gasteiger partial charge in [-0.3, -0.25) is 9.59 Å². The Bertz CT molecular complexity index is 336. The molecular weight excluding hydrogens is 230 g/mol. The summed E-state index contributed by atoms with van der Waals surface area (Å²) >= 11 is 0. The van der Waals surface area contributed by atoms with Crippen LogP contribution >= 0.6 is 0 Å². The van der Waals surface area contributed by atoms with Crippen molar-refractivity contribution in [1.82, 2.24) is 4.90 Å². The van der Waals surface area contributed by atoms with Gasteiger partial charge in [0.25, 0.3) is 0 Å². The Morgan fingerprint density at radius 3 is 2.33 bits per heavy atom. The van der Waals surface area contributed by atoms with Crippen LogP contribution in [0.3, 0.4) is 0 Å². The molecular formula is C14H23NO3. The average Bonchev–Trinajstić information content (AvgIpc) is 2.34. The van der Waals surface area contributed by atoms with E-state index < -0.39 is 17.8 Å². The first-order valence-corrected chi connectivity index (χ1v) is 6.56. The molecule has 0 fully saturated rings. The number of nitrogens with zero attached hydrogens (tertiary/aromatic N) is 1. The molecule has 1 aliphatic carbocycles. The van der Waals surface area contributed by atoms with Crippen molar-refractivity contribution in [3.05, 3.63) is 12.2 Å². The molecule has 4 nitrogen and oxygen atoms in total. The van der Waals surface area contributed by atoms with Crippen LogP contribution in [0.15, 0.2) is 12.2 Å². The summed E-state index contributed by atoms with van der Waals surface area (Å²) < 4.78 is 0. The fourth-order valence-electron chi connectivity index (χ4n) is 2.21. The summed E-state index contributed by atoms with van der Waals surface area (Å²) in [5.74, 6) is -1.32. The Labute approximate surface area is 109 Å². The summed E-state index contributed by atoms with van der Waals surface area (Å²) in [6.45, 7) is 4.92. The summed E-state index contributed by atoms with van der Waals surface area (Å²) in [7, 11) is 1.77. The van der Waals surface area contributed by atoms with E-state index in [1.807, 2.05) is 12.2 Å². The number of aliphatic carboxylic acids is 1. The number of carboxylic acids is 1. The fraction of sp³-hybridized carbons (Fsp3) is 0.714. The molecule has 0 radical (unpaired) electrons. The zero-order valence-electron chi connectivity index (χ0n) is 11.4. The minimum atomic E-state index is -0.866. The lowest BCUT2D eigenvalue weighted by molar-refractivity contribution is -0.150. The summed E-state index contributed by atoms with van der Waals surface area (Å²) in [6, 6.07) is 0. The van der Waals surface area contributed by atoms with Gasteiger partial charge in [0, 0.05) is 13.6 Å². The van der Waals surface area contributed by atoms with Crippen molar-refractivity contribution in [2.45, 2.75) is 33.1 Å². The van der Waals surface area contributed by atoms with E-state index in [4.69, 9.17) is 5.11 Å². The highest BCUT2D eigenvalue weighted by Gasteiger charge is 2.35. The Hall–Kier alpha value is -1.32. The normalized spacial score (nSPS) is 23.1. The van der Waals surface area contributed by atoms with Gasteiger partial charge in [0.1, 0.15) is 0 Å². The third kappa shape index (κ3) is 3.86. The van der Waals surface area contributed by atoms with Crippen LogP contribution in [0.1, 0.15) is 33.1 Å². The second-order valence-corrected chi connectivity index (χ2v) is 5.44. The Morgan fingerprint density at radius 2 is 1.83 bits per heavy atom. The molecule has 0 bridgehead atoms. The van der Waals surface area contributed by atoms with Gasteiger partial charge in [0.15, 0.2) is 0 Å². The summed E-state index contributed by atoms with van der Waals surface area (Å²) in [4.78, 5) is 25.1. The zero-order valence-corrected chi connectivity index (χ0v) is 11.4. The number of hydrogen-bond donors (Lipinski definition) is 1. The fourth-order valence-corrected chi connectivity index (χ4v) is 2.21. The maximum atomic E-state index is 12.3. The number of amides is 1. The third-order valence-electron chi connectivity index (χ3n) is 3.48. The predicted octanol–water partition coefficient (Wildman–Crippen LogP) is 2.16. The molecule has 4 heteroatoms. The highest BCUT2D eigenvalue weighted by Crippen LogP contribution is 2.27. The number of hydrogen-bond acceptors (Lipinski definition) is 2. The summed E-state index contributed by atoms with van der Waals surface area (Å²) in [5, 5.41) is 9.15. The van der Waals surface area contributed by atoms with E-state index >= 15 is 0 Å². The van der Waals surface area contributed by atoms with Gasteiger partial charge in [0.05, 0.1) is 11.8 Å². The van der Waals surface area contributed by atoms with E-state index in [-0.39, 0.29) is 5.91 Å². The summed E-state index contributed by atoms with van der Waals surface area (Å²) in [6.07, 6.45) is 5.73. The largest absolute Gasteiger partial charge is 0.481 e. The third-order valence-corrected chi connectivity index (χ3v) is 3.48. The van der Waals surface area contributed by atoms with Crippen LogP contribution in [0.5, 0.6) is 0 Å². The van der Waals surface area contributed by atoms with Crippen LogP contribution in [-0.4, -0.2) is 35.5 Å². The molecule has 2 atom stereocenters. The predicted molar refractivity (Wildman–Crippen MR) is 70.1 cm³/mol. The quantitative estimate of drug-likeness (QED) is 0.764. The van der Waals surface area contributed by atoms with Crippen LogP contribution in [0.4, 0.5) is 0 Å². The molecule has 0 saturated carbocycles. The molecule has 1 aliphatic rings. The lowest BCUT2D eigenvalue weighted by Gasteiger charge is -2.29. The molecule has 0 spiro atoms. The van der Waals surface area contributed by atoms with Crippen LogP contribution in [0.2, 0.25) is 0 Å². The maximum absolute atomic E-state index is 12.3. The molecule has 1 rings (SSSR count). The second-order valence-electron chi connectivity index (χ2n) is 5.44. The standard InChI is InChI=1S/C14H23NO3/c1-10(2)8-9-15(3)13(16)11-6-4-5-7-12(11)14(17)18/h4-5,10-12H,6-9H2,1-3H3,(H,17,18). The van der Waals surface area contributed by atoms with Crippen molar-refractivity contribution in [3.63, 3.8) is 0 Å². The number of carbonyl (C=O) groups excluding carboxylic acids is 1. The first-order chi connectivity index (χ1) is 8.43. The van der Waals surface area contributed by atoms with Gasteiger partial charge in [0.2, 0.25) is 5.91 Å². The Balaban J connectivity index is 2.63. The molecule has 102 valence electrons. The molecule has 1 amide bonds. The van der Waals surface area contributed by atoms with Crippen molar-refractivity contribution in [2.75, 3.05) is 13.6 Å². The van der Waals surface area contributed by atoms with E-state index in [1.165, 1.54) is 0 Å². The molecule has 2 unspecified atom stereocenters. The summed E-state index contributed by atoms with van der Waals surface area (Å²) in [5.41, 5.74) is 0. The molecule has 1 N–H and O–H groups in total. The van der Waals surface area contributed by atoms with Crippen molar-refractivity contribution >= 4 is 11.9 Å². The van der Waals surface area contributed by atoms with Gasteiger partial charge in [-0.05, 0) is 25.2 Å². The zero-order chi connectivity index (χ0) is 13.7. The van der Waals surface area contributed by atoms with Gasteiger partial charge >= 0.3 is 5.97 Å². The first kappa shape index (κ1) is 14.7. The SMILES string of the molecule is CC(C)CCN(C)C(=O)C1CC=CCC1C(=O)O. The number of carbonyl (C=O) groups is 2. The Kier molecular flexibility index (Phi) is 5.38. The highest BCUT2D eigenvalue weighted by molar-refractivity contribution is 5.85. The Morgan fingerprint density at radius 1 is 1.28 bits per heavy atom. The van der Waals surface area contributed by atoms with Crippen LogP contribution in [0.25, 0.3) is 0 Å². The second kappa shape index (κ2) is 6.57. The molecule has 18 heavy (non-hydrogen) atoms. The van der Waals surface area contributed by atoms with Gasteiger partial charge in [-0.25, -0.2) is 0 Å². The molecule has 0 aromatic carbocycles. The highest BCUT2D eigenvalue weighted by atomic mass is 16.4. The minimum absolute atomic E-state index is 0.0348. The van der Waals surface area contributed by atoms with E-state index in [0.717, 1.165) is 6.42 Å². The van der Waals surface area contributed by atoms with E-state index in [0.29, 0.717) is 25.3 Å². The minimum Gasteiger partial charge on any atom is -0.481 e. The van der Waals surface area contributed by atoms with E-state index in [2.05, 4.69) is 13.8 Å². The van der Waals surface area contributed by atoms with E-state index in [9.17, 15) is 9.59 Å². The smallest absolute Gasteiger partial charge is 0.307 e. The molecule has 0 aliphatic heterocycles. The molecule has 0 aromatic heterocycles. The van der Waals surface area contributed by atoms with Crippen LogP contribution < -0.4 is 0 Å². The van der Waals surface area contributed by atoms with Crippen LogP contribution in [-0.2, 0) is 9.59 Å². The molecule has 0 heterocycles. The van der Waals surface area contributed by atoms with Crippen molar-refractivity contribution in [3.8, 4) is 0 Å². The van der Waals surface area contributed by atoms with Gasteiger partial charge in [-0.2, -0.15) is 0 Å². The lowest BCUT2D eigenvalue weighted by atomic mass is 9.82. The monoisotopic (exact) mass is 253 g/mol. The van der Waals surface area contributed by atoms with Gasteiger partial charge < -0.3 is 10.0 Å². The first-order valence-electron chi connectivity index (χ1n) is 6.56. The van der Waals surface area contributed by atoms with Crippen molar-refractivity contribution in [2.24, 2.45) is 17.8 Å². The number of allylic oxidation sites excluding steroid dienone is 2.